The van der Waals surface area contributed by atoms with Gasteiger partial charge in [-0.2, -0.15) is 0 Å². The quantitative estimate of drug-likeness (QED) is 0.799. The Morgan fingerprint density at radius 2 is 1.86 bits per heavy atom. The Labute approximate surface area is 138 Å². The van der Waals surface area contributed by atoms with E-state index in [1.807, 2.05) is 0 Å². The Balaban J connectivity index is 2.19. The van der Waals surface area contributed by atoms with Crippen LogP contribution in [0.15, 0.2) is 44.8 Å². The minimum Gasteiger partial charge on any atom is -0.214 e. The number of hydrogen-bond acceptors (Lipinski definition) is 5. The van der Waals surface area contributed by atoms with Crippen molar-refractivity contribution in [2.45, 2.75) is 15.6 Å². The molecule has 0 saturated heterocycles. The molecule has 6 nitrogen and oxygen atoms in total. The van der Waals surface area contributed by atoms with Gasteiger partial charge in [0.1, 0.15) is 0 Å². The molecule has 0 spiro atoms. The summed E-state index contributed by atoms with van der Waals surface area (Å²) in [6.45, 7) is -0.0381. The van der Waals surface area contributed by atoms with Gasteiger partial charge in [0, 0.05) is 6.54 Å². The minimum absolute atomic E-state index is 0.0353. The Morgan fingerprint density at radius 1 is 1.14 bits per heavy atom. The molecule has 10 heteroatoms. The van der Waals surface area contributed by atoms with Crippen LogP contribution in [0.1, 0.15) is 5.56 Å². The van der Waals surface area contributed by atoms with E-state index in [1.54, 1.807) is 17.5 Å². The van der Waals surface area contributed by atoms with E-state index in [0.29, 0.717) is 5.56 Å². The van der Waals surface area contributed by atoms with Crippen molar-refractivity contribution >= 4 is 43.0 Å². The van der Waals surface area contributed by atoms with E-state index in [-0.39, 0.29) is 20.7 Å². The second kappa shape index (κ2) is 6.65. The second-order valence-electron chi connectivity index (χ2n) is 4.24. The van der Waals surface area contributed by atoms with Crippen LogP contribution in [-0.4, -0.2) is 23.9 Å². The van der Waals surface area contributed by atoms with Crippen LogP contribution in [0.25, 0.3) is 0 Å². The Morgan fingerprint density at radius 3 is 2.45 bits per heavy atom. The van der Waals surface area contributed by atoms with Crippen molar-refractivity contribution in [2.75, 3.05) is 7.05 Å². The average molecular weight is 381 g/mol. The van der Waals surface area contributed by atoms with Crippen molar-refractivity contribution in [3.63, 3.8) is 0 Å². The van der Waals surface area contributed by atoms with Crippen LogP contribution in [0.3, 0.4) is 0 Å². The SMILES string of the molecule is CNS(=O)(=O)c1cccc(CNS(=O)(=O)c2sccc2Cl)c1. The van der Waals surface area contributed by atoms with Crippen molar-refractivity contribution in [1.29, 1.82) is 0 Å². The number of nitrogens with one attached hydrogen (secondary N) is 2. The predicted molar refractivity (Wildman–Crippen MR) is 86.0 cm³/mol. The molecular formula is C12H13ClN2O4S3. The van der Waals surface area contributed by atoms with E-state index < -0.39 is 20.0 Å². The number of benzene rings is 1. The number of rotatable bonds is 6. The molecule has 0 aliphatic carbocycles. The molecule has 0 aliphatic rings. The first-order chi connectivity index (χ1) is 10.3. The Bertz CT molecular complexity index is 875. The van der Waals surface area contributed by atoms with Gasteiger partial charge in [0.05, 0.1) is 9.92 Å². The van der Waals surface area contributed by atoms with E-state index in [4.69, 9.17) is 11.6 Å². The highest BCUT2D eigenvalue weighted by molar-refractivity contribution is 7.91. The highest BCUT2D eigenvalue weighted by atomic mass is 35.5. The number of hydrogen-bond donors (Lipinski definition) is 2. The van der Waals surface area contributed by atoms with Gasteiger partial charge in [-0.1, -0.05) is 23.7 Å². The first-order valence-corrected chi connectivity index (χ1v) is 10.2. The van der Waals surface area contributed by atoms with Crippen LogP contribution in [0.5, 0.6) is 0 Å². The van der Waals surface area contributed by atoms with Crippen molar-refractivity contribution in [3.05, 3.63) is 46.3 Å². The van der Waals surface area contributed by atoms with Crippen LogP contribution in [-0.2, 0) is 26.6 Å². The third kappa shape index (κ3) is 3.86. The maximum atomic E-state index is 12.1. The first-order valence-electron chi connectivity index (χ1n) is 6.01. The fourth-order valence-corrected chi connectivity index (χ4v) is 5.20. The van der Waals surface area contributed by atoms with Gasteiger partial charge < -0.3 is 0 Å². The van der Waals surface area contributed by atoms with Gasteiger partial charge in [-0.05, 0) is 36.2 Å². The predicted octanol–water partition coefficient (Wildman–Crippen LogP) is 1.79. The molecule has 2 aromatic rings. The fraction of sp³-hybridized carbons (Fsp3) is 0.167. The largest absolute Gasteiger partial charge is 0.251 e. The first kappa shape index (κ1) is 17.4. The van der Waals surface area contributed by atoms with Gasteiger partial charge in [-0.15, -0.1) is 11.3 Å². The number of halogens is 1. The van der Waals surface area contributed by atoms with E-state index in [9.17, 15) is 16.8 Å². The lowest BCUT2D eigenvalue weighted by atomic mass is 10.2. The van der Waals surface area contributed by atoms with Crippen molar-refractivity contribution < 1.29 is 16.8 Å². The minimum atomic E-state index is -3.73. The molecule has 0 fully saturated rings. The zero-order valence-electron chi connectivity index (χ0n) is 11.4. The lowest BCUT2D eigenvalue weighted by Crippen LogP contribution is -2.23. The topological polar surface area (TPSA) is 92.3 Å². The summed E-state index contributed by atoms with van der Waals surface area (Å²) in [4.78, 5) is 0.0702. The van der Waals surface area contributed by atoms with E-state index >= 15 is 0 Å². The van der Waals surface area contributed by atoms with Gasteiger partial charge in [0.15, 0.2) is 4.21 Å². The highest BCUT2D eigenvalue weighted by Crippen LogP contribution is 2.27. The molecule has 0 aliphatic heterocycles. The Hall–Kier alpha value is -0.970. The van der Waals surface area contributed by atoms with Gasteiger partial charge in [0.2, 0.25) is 10.0 Å². The van der Waals surface area contributed by atoms with Crippen molar-refractivity contribution in [1.82, 2.24) is 9.44 Å². The average Bonchev–Trinajstić information content (AvgIpc) is 2.93. The lowest BCUT2D eigenvalue weighted by molar-refractivity contribution is 0.583. The molecule has 120 valence electrons. The van der Waals surface area contributed by atoms with Crippen LogP contribution >= 0.6 is 22.9 Å². The molecule has 0 radical (unpaired) electrons. The summed E-state index contributed by atoms with van der Waals surface area (Å²) in [5.41, 5.74) is 0.521. The maximum Gasteiger partial charge on any atom is 0.251 e. The molecule has 0 amide bonds. The van der Waals surface area contributed by atoms with Gasteiger partial charge >= 0.3 is 0 Å². The fourth-order valence-electron chi connectivity index (χ4n) is 1.66. The lowest BCUT2D eigenvalue weighted by Gasteiger charge is -2.08. The van der Waals surface area contributed by atoms with Crippen LogP contribution in [0.2, 0.25) is 5.02 Å². The smallest absolute Gasteiger partial charge is 0.214 e. The zero-order chi connectivity index (χ0) is 16.4. The molecule has 0 unspecified atom stereocenters. The normalized spacial score (nSPS) is 12.5. The molecule has 0 bridgehead atoms. The monoisotopic (exact) mass is 380 g/mol. The van der Waals surface area contributed by atoms with Gasteiger partial charge in [0.25, 0.3) is 10.0 Å². The van der Waals surface area contributed by atoms with Gasteiger partial charge in [-0.25, -0.2) is 26.3 Å². The summed E-state index contributed by atoms with van der Waals surface area (Å²) in [6.07, 6.45) is 0. The molecule has 0 saturated carbocycles. The molecule has 22 heavy (non-hydrogen) atoms. The summed E-state index contributed by atoms with van der Waals surface area (Å²) >= 11 is 6.83. The molecule has 0 atom stereocenters. The van der Waals surface area contributed by atoms with Crippen LogP contribution < -0.4 is 9.44 Å². The molecule has 2 N–H and O–H groups in total. The van der Waals surface area contributed by atoms with Gasteiger partial charge in [-0.3, -0.25) is 0 Å². The van der Waals surface area contributed by atoms with E-state index in [2.05, 4.69) is 9.44 Å². The third-order valence-electron chi connectivity index (χ3n) is 2.77. The third-order valence-corrected chi connectivity index (χ3v) is 7.61. The summed E-state index contributed by atoms with van der Waals surface area (Å²) in [6, 6.07) is 7.52. The standard InChI is InChI=1S/C12H13ClN2O4S3/c1-14-21(16,17)10-4-2-3-9(7-10)8-15-22(18,19)12-11(13)5-6-20-12/h2-7,14-15H,8H2,1H3. The summed E-state index contributed by atoms with van der Waals surface area (Å²) in [5.74, 6) is 0. The summed E-state index contributed by atoms with van der Waals surface area (Å²) in [5, 5.41) is 1.74. The molecule has 2 rings (SSSR count). The molecule has 1 aromatic heterocycles. The van der Waals surface area contributed by atoms with E-state index in [0.717, 1.165) is 11.3 Å². The van der Waals surface area contributed by atoms with E-state index in [1.165, 1.54) is 25.2 Å². The second-order valence-corrected chi connectivity index (χ2v) is 9.41. The molecule has 1 aromatic carbocycles. The number of sulfonamides is 2. The summed E-state index contributed by atoms with van der Waals surface area (Å²) < 4.78 is 52.3. The van der Waals surface area contributed by atoms with Crippen LogP contribution in [0, 0.1) is 0 Å². The maximum absolute atomic E-state index is 12.1. The zero-order valence-corrected chi connectivity index (χ0v) is 14.6. The molecule has 1 heterocycles. The van der Waals surface area contributed by atoms with Crippen molar-refractivity contribution in [3.8, 4) is 0 Å². The molecular weight excluding hydrogens is 368 g/mol. The number of thiophene rings is 1. The van der Waals surface area contributed by atoms with Crippen LogP contribution in [0.4, 0.5) is 0 Å². The Kier molecular flexibility index (Phi) is 5.25. The van der Waals surface area contributed by atoms with Crippen molar-refractivity contribution in [2.24, 2.45) is 0 Å². The summed E-state index contributed by atoms with van der Waals surface area (Å²) in [7, 11) is -5.99. The highest BCUT2D eigenvalue weighted by Gasteiger charge is 2.19.